The van der Waals surface area contributed by atoms with Crippen molar-refractivity contribution in [3.05, 3.63) is 75.9 Å². The number of esters is 1. The maximum Gasteiger partial charge on any atom is 0.307 e. The van der Waals surface area contributed by atoms with Gasteiger partial charge in [0.25, 0.3) is 5.91 Å². The van der Waals surface area contributed by atoms with E-state index in [4.69, 9.17) is 17.0 Å². The lowest BCUT2D eigenvalue weighted by atomic mass is 10.1. The van der Waals surface area contributed by atoms with Crippen LogP contribution in [0.2, 0.25) is 0 Å². The Morgan fingerprint density at radius 3 is 2.71 bits per heavy atom. The number of ether oxygens (including phenoxy) is 1. The molecule has 0 aromatic heterocycles. The smallest absolute Gasteiger partial charge is 0.307 e. The maximum atomic E-state index is 13.0. The number of hydrogen-bond donors (Lipinski definition) is 0. The van der Waals surface area contributed by atoms with Crippen molar-refractivity contribution in [1.29, 1.82) is 0 Å². The lowest BCUT2D eigenvalue weighted by Gasteiger charge is -2.13. The lowest BCUT2D eigenvalue weighted by Crippen LogP contribution is -2.30. The van der Waals surface area contributed by atoms with Gasteiger partial charge in [-0.2, -0.15) is 0 Å². The van der Waals surface area contributed by atoms with E-state index in [-0.39, 0.29) is 31.3 Å². The van der Waals surface area contributed by atoms with Crippen molar-refractivity contribution < 1.29 is 18.7 Å². The van der Waals surface area contributed by atoms with E-state index in [0.29, 0.717) is 14.8 Å². The van der Waals surface area contributed by atoms with Crippen molar-refractivity contribution in [3.63, 3.8) is 0 Å². The molecule has 1 aliphatic heterocycles. The highest BCUT2D eigenvalue weighted by Gasteiger charge is 2.32. The van der Waals surface area contributed by atoms with Gasteiger partial charge in [-0.1, -0.05) is 65.9 Å². The number of nitrogens with zero attached hydrogens (tertiary/aromatic N) is 1. The number of carbonyl (C=O) groups excluding carboxylic acids is 2. The van der Waals surface area contributed by atoms with Gasteiger partial charge in [-0.3, -0.25) is 14.5 Å². The average molecular weight is 416 g/mol. The molecular formula is C21H18FNO3S2. The van der Waals surface area contributed by atoms with Gasteiger partial charge < -0.3 is 4.74 Å². The number of thioether (sulfide) groups is 1. The number of halogens is 1. The number of rotatable bonds is 6. The largest absolute Gasteiger partial charge is 0.461 e. The zero-order valence-electron chi connectivity index (χ0n) is 15.2. The van der Waals surface area contributed by atoms with Crippen LogP contribution in [0.25, 0.3) is 6.08 Å². The highest BCUT2D eigenvalue weighted by atomic mass is 32.2. The first-order chi connectivity index (χ1) is 13.4. The van der Waals surface area contributed by atoms with E-state index in [2.05, 4.69) is 0 Å². The monoisotopic (exact) mass is 415 g/mol. The molecule has 3 rings (SSSR count). The third kappa shape index (κ3) is 5.27. The second-order valence-electron chi connectivity index (χ2n) is 6.28. The zero-order chi connectivity index (χ0) is 20.1. The van der Waals surface area contributed by atoms with Crippen LogP contribution in [0.4, 0.5) is 4.39 Å². The quantitative estimate of drug-likeness (QED) is 0.396. The molecule has 0 unspecified atom stereocenters. The fourth-order valence-electron chi connectivity index (χ4n) is 2.64. The van der Waals surface area contributed by atoms with Crippen molar-refractivity contribution in [1.82, 2.24) is 4.90 Å². The van der Waals surface area contributed by atoms with Gasteiger partial charge in [0.1, 0.15) is 16.7 Å². The van der Waals surface area contributed by atoms with Crippen LogP contribution in [-0.2, 0) is 20.9 Å². The molecule has 2 aromatic carbocycles. The molecule has 0 N–H and O–H groups in total. The molecule has 0 spiro atoms. The molecule has 1 saturated heterocycles. The van der Waals surface area contributed by atoms with Crippen molar-refractivity contribution in [3.8, 4) is 0 Å². The Balaban J connectivity index is 1.54. The highest BCUT2D eigenvalue weighted by molar-refractivity contribution is 8.26. The fraction of sp³-hybridized carbons (Fsp3) is 0.190. The van der Waals surface area contributed by atoms with Gasteiger partial charge in [-0.15, -0.1) is 0 Å². The first kappa shape index (κ1) is 20.2. The van der Waals surface area contributed by atoms with Crippen molar-refractivity contribution >= 4 is 46.3 Å². The highest BCUT2D eigenvalue weighted by Crippen LogP contribution is 2.32. The molecule has 4 nitrogen and oxygen atoms in total. The maximum absolute atomic E-state index is 13.0. The minimum atomic E-state index is -0.391. The van der Waals surface area contributed by atoms with E-state index in [1.807, 2.05) is 31.2 Å². The summed E-state index contributed by atoms with van der Waals surface area (Å²) in [6, 6.07) is 13.6. The second kappa shape index (κ2) is 9.12. The summed E-state index contributed by atoms with van der Waals surface area (Å²) >= 11 is 6.42. The first-order valence-electron chi connectivity index (χ1n) is 8.64. The standard InChI is InChI=1S/C21H18FNO3S2/c1-14-3-2-4-16(11-14)13-26-19(24)9-10-23-20(25)18(28-21(23)27)12-15-5-7-17(22)8-6-15/h2-8,11-12H,9-10,13H2,1H3/b18-12+. The Hall–Kier alpha value is -2.51. The fourth-order valence-corrected chi connectivity index (χ4v) is 3.95. The van der Waals surface area contributed by atoms with E-state index in [9.17, 15) is 14.0 Å². The molecule has 1 fully saturated rings. The number of aryl methyl sites for hydroxylation is 1. The first-order valence-corrected chi connectivity index (χ1v) is 9.87. The van der Waals surface area contributed by atoms with Gasteiger partial charge >= 0.3 is 5.97 Å². The van der Waals surface area contributed by atoms with Crippen molar-refractivity contribution in [2.75, 3.05) is 6.54 Å². The van der Waals surface area contributed by atoms with Gasteiger partial charge in [0.15, 0.2) is 0 Å². The molecule has 1 amide bonds. The van der Waals surface area contributed by atoms with Gasteiger partial charge in [0.05, 0.1) is 11.3 Å². The predicted octanol–water partition coefficient (Wildman–Crippen LogP) is 4.47. The van der Waals surface area contributed by atoms with E-state index in [0.717, 1.165) is 11.1 Å². The van der Waals surface area contributed by atoms with Crippen LogP contribution >= 0.6 is 24.0 Å². The number of amides is 1. The molecule has 28 heavy (non-hydrogen) atoms. The molecule has 0 bridgehead atoms. The van der Waals surface area contributed by atoms with Crippen LogP contribution in [0.1, 0.15) is 23.1 Å². The van der Waals surface area contributed by atoms with E-state index in [1.54, 1.807) is 18.2 Å². The molecule has 144 valence electrons. The summed E-state index contributed by atoms with van der Waals surface area (Å²) in [6.45, 7) is 2.33. The third-order valence-corrected chi connectivity index (χ3v) is 5.44. The molecule has 0 radical (unpaired) electrons. The normalized spacial score (nSPS) is 15.4. The minimum Gasteiger partial charge on any atom is -0.461 e. The van der Waals surface area contributed by atoms with E-state index in [1.165, 1.54) is 28.8 Å². The van der Waals surface area contributed by atoms with Crippen LogP contribution in [0.3, 0.4) is 0 Å². The van der Waals surface area contributed by atoms with Gasteiger partial charge in [-0.25, -0.2) is 4.39 Å². The van der Waals surface area contributed by atoms with E-state index < -0.39 is 5.97 Å². The van der Waals surface area contributed by atoms with Gasteiger partial charge in [0, 0.05) is 6.54 Å². The number of thiocarbonyl (C=S) groups is 1. The SMILES string of the molecule is Cc1cccc(COC(=O)CCN2C(=O)/C(=C\c3ccc(F)cc3)SC2=S)c1. The van der Waals surface area contributed by atoms with Crippen LogP contribution in [0, 0.1) is 12.7 Å². The van der Waals surface area contributed by atoms with Crippen LogP contribution < -0.4 is 0 Å². The summed E-state index contributed by atoms with van der Waals surface area (Å²) < 4.78 is 18.7. The second-order valence-corrected chi connectivity index (χ2v) is 7.96. The molecule has 1 heterocycles. The average Bonchev–Trinajstić information content (AvgIpc) is 2.93. The van der Waals surface area contributed by atoms with Crippen molar-refractivity contribution in [2.45, 2.75) is 20.0 Å². The molecule has 7 heteroatoms. The van der Waals surface area contributed by atoms with E-state index >= 15 is 0 Å². The van der Waals surface area contributed by atoms with Crippen LogP contribution in [0.15, 0.2) is 53.4 Å². The summed E-state index contributed by atoms with van der Waals surface area (Å²) in [6.07, 6.45) is 1.72. The molecule has 0 aliphatic carbocycles. The Kier molecular flexibility index (Phi) is 6.59. The van der Waals surface area contributed by atoms with Gasteiger partial charge in [0.2, 0.25) is 0 Å². The summed E-state index contributed by atoms with van der Waals surface area (Å²) in [5, 5.41) is 0. The topological polar surface area (TPSA) is 46.6 Å². The number of benzene rings is 2. The Bertz CT molecular complexity index is 941. The molecule has 0 atom stereocenters. The Labute approximate surface area is 172 Å². The Morgan fingerprint density at radius 1 is 1.25 bits per heavy atom. The number of carbonyl (C=O) groups is 2. The summed E-state index contributed by atoms with van der Waals surface area (Å²) in [4.78, 5) is 26.4. The molecule has 0 saturated carbocycles. The Morgan fingerprint density at radius 2 is 2.00 bits per heavy atom. The summed E-state index contributed by atoms with van der Waals surface area (Å²) in [5.41, 5.74) is 2.72. The minimum absolute atomic E-state index is 0.0576. The van der Waals surface area contributed by atoms with Crippen LogP contribution in [-0.4, -0.2) is 27.6 Å². The molecular weight excluding hydrogens is 397 g/mol. The predicted molar refractivity (Wildman–Crippen MR) is 112 cm³/mol. The van der Waals surface area contributed by atoms with Crippen LogP contribution in [0.5, 0.6) is 0 Å². The third-order valence-electron chi connectivity index (χ3n) is 4.06. The zero-order valence-corrected chi connectivity index (χ0v) is 16.8. The number of hydrogen-bond acceptors (Lipinski definition) is 5. The molecule has 1 aliphatic rings. The lowest BCUT2D eigenvalue weighted by molar-refractivity contribution is -0.145. The summed E-state index contributed by atoms with van der Waals surface area (Å²) in [5.74, 6) is -0.988. The van der Waals surface area contributed by atoms with Crippen molar-refractivity contribution in [2.24, 2.45) is 0 Å². The summed E-state index contributed by atoms with van der Waals surface area (Å²) in [7, 11) is 0. The molecule has 2 aromatic rings. The van der Waals surface area contributed by atoms with Gasteiger partial charge in [-0.05, 0) is 36.3 Å².